The van der Waals surface area contributed by atoms with Gasteiger partial charge < -0.3 is 5.32 Å². The first kappa shape index (κ1) is 16.2. The van der Waals surface area contributed by atoms with E-state index in [2.05, 4.69) is 15.4 Å². The van der Waals surface area contributed by atoms with Crippen LogP contribution >= 0.6 is 11.6 Å². The topological polar surface area (TPSA) is 59.8 Å². The second-order valence-corrected chi connectivity index (χ2v) is 5.95. The summed E-state index contributed by atoms with van der Waals surface area (Å²) in [6, 6.07) is 11.0. The zero-order chi connectivity index (χ0) is 17.1. The van der Waals surface area contributed by atoms with E-state index in [1.165, 1.54) is 0 Å². The van der Waals surface area contributed by atoms with Crippen molar-refractivity contribution in [3.63, 3.8) is 0 Å². The Labute approximate surface area is 145 Å². The third kappa shape index (κ3) is 3.31. The highest BCUT2D eigenvalue weighted by atomic mass is 35.5. The molecule has 0 aliphatic heterocycles. The summed E-state index contributed by atoms with van der Waals surface area (Å²) in [7, 11) is 0. The van der Waals surface area contributed by atoms with Crippen molar-refractivity contribution >= 4 is 17.5 Å². The number of nitrogens with one attached hydrogen (secondary N) is 1. The van der Waals surface area contributed by atoms with Crippen LogP contribution in [0.5, 0.6) is 0 Å². The zero-order valence-electron chi connectivity index (χ0n) is 13.4. The molecule has 0 bridgehead atoms. The lowest BCUT2D eigenvalue weighted by Crippen LogP contribution is -2.27. The first-order valence-corrected chi connectivity index (χ1v) is 7.95. The minimum atomic E-state index is -0.162. The van der Waals surface area contributed by atoms with Gasteiger partial charge in [0.15, 0.2) is 0 Å². The molecule has 0 saturated heterocycles. The van der Waals surface area contributed by atoms with Gasteiger partial charge in [-0.2, -0.15) is 5.10 Å². The molecule has 0 spiro atoms. The molecule has 2 heterocycles. The molecule has 0 fully saturated rings. The van der Waals surface area contributed by atoms with Crippen molar-refractivity contribution in [3.8, 4) is 5.69 Å². The number of hydrogen-bond donors (Lipinski definition) is 1. The number of carbonyl (C=O) groups excluding carboxylic acids is 1. The van der Waals surface area contributed by atoms with Crippen molar-refractivity contribution in [2.75, 3.05) is 0 Å². The molecule has 1 N–H and O–H groups in total. The quantitative estimate of drug-likeness (QED) is 0.787. The van der Waals surface area contributed by atoms with Crippen molar-refractivity contribution < 1.29 is 4.79 Å². The zero-order valence-corrected chi connectivity index (χ0v) is 14.2. The Hall–Kier alpha value is -2.66. The number of halogens is 1. The van der Waals surface area contributed by atoms with Gasteiger partial charge in [-0.05, 0) is 49.7 Å². The molecular weight excluding hydrogens is 324 g/mol. The van der Waals surface area contributed by atoms with E-state index in [4.69, 9.17) is 11.6 Å². The van der Waals surface area contributed by atoms with E-state index in [0.717, 1.165) is 16.9 Å². The van der Waals surface area contributed by atoms with Crippen LogP contribution in [-0.4, -0.2) is 20.7 Å². The van der Waals surface area contributed by atoms with Crippen LogP contribution in [0.2, 0.25) is 5.02 Å². The largest absolute Gasteiger partial charge is 0.345 e. The van der Waals surface area contributed by atoms with Gasteiger partial charge in [0, 0.05) is 17.4 Å². The van der Waals surface area contributed by atoms with E-state index < -0.39 is 0 Å². The van der Waals surface area contributed by atoms with Crippen LogP contribution in [0.25, 0.3) is 5.69 Å². The second-order valence-electron chi connectivity index (χ2n) is 5.51. The van der Waals surface area contributed by atoms with Gasteiger partial charge in [0.05, 0.1) is 29.2 Å². The maximum Gasteiger partial charge on any atom is 0.255 e. The fraction of sp³-hybridized carbons (Fsp3) is 0.167. The van der Waals surface area contributed by atoms with Gasteiger partial charge >= 0.3 is 0 Å². The number of hydrogen-bond acceptors (Lipinski definition) is 3. The van der Waals surface area contributed by atoms with E-state index >= 15 is 0 Å². The molecule has 122 valence electrons. The highest BCUT2D eigenvalue weighted by Crippen LogP contribution is 2.19. The molecule has 2 aromatic heterocycles. The lowest BCUT2D eigenvalue weighted by Gasteiger charge is -2.14. The van der Waals surface area contributed by atoms with Crippen LogP contribution in [0.3, 0.4) is 0 Å². The molecule has 3 aromatic rings. The van der Waals surface area contributed by atoms with E-state index in [1.807, 2.05) is 44.2 Å². The Morgan fingerprint density at radius 1 is 1.25 bits per heavy atom. The van der Waals surface area contributed by atoms with E-state index in [9.17, 15) is 4.79 Å². The standard InChI is InChI=1S/C18H17ClN4O/c1-12(14-6-8-20-9-7-14)22-18(24)17-11-21-23(13(17)2)16-5-3-4-15(19)10-16/h3-12H,1-2H3,(H,22,24). The average Bonchev–Trinajstić information content (AvgIpc) is 2.97. The smallest absolute Gasteiger partial charge is 0.255 e. The molecule has 1 unspecified atom stereocenters. The first-order chi connectivity index (χ1) is 11.6. The Kier molecular flexibility index (Phi) is 4.62. The summed E-state index contributed by atoms with van der Waals surface area (Å²) in [6.07, 6.45) is 4.99. The minimum absolute atomic E-state index is 0.116. The third-order valence-corrected chi connectivity index (χ3v) is 4.10. The highest BCUT2D eigenvalue weighted by Gasteiger charge is 2.17. The number of nitrogens with zero attached hydrogens (tertiary/aromatic N) is 3. The van der Waals surface area contributed by atoms with Gasteiger partial charge in [-0.15, -0.1) is 0 Å². The maximum absolute atomic E-state index is 12.6. The predicted molar refractivity (Wildman–Crippen MR) is 93.4 cm³/mol. The molecule has 1 atom stereocenters. The summed E-state index contributed by atoms with van der Waals surface area (Å²) >= 11 is 6.03. The van der Waals surface area contributed by atoms with Crippen molar-refractivity contribution in [1.82, 2.24) is 20.1 Å². The van der Waals surface area contributed by atoms with E-state index in [1.54, 1.807) is 29.3 Å². The summed E-state index contributed by atoms with van der Waals surface area (Å²) in [6.45, 7) is 3.80. The van der Waals surface area contributed by atoms with Gasteiger partial charge in [-0.1, -0.05) is 17.7 Å². The molecule has 6 heteroatoms. The van der Waals surface area contributed by atoms with Gasteiger partial charge in [-0.3, -0.25) is 9.78 Å². The Morgan fingerprint density at radius 3 is 2.71 bits per heavy atom. The summed E-state index contributed by atoms with van der Waals surface area (Å²) in [5, 5.41) is 7.92. The summed E-state index contributed by atoms with van der Waals surface area (Å²) in [4.78, 5) is 16.5. The van der Waals surface area contributed by atoms with Crippen molar-refractivity contribution in [3.05, 3.63) is 76.8 Å². The van der Waals surface area contributed by atoms with Crippen molar-refractivity contribution in [2.45, 2.75) is 19.9 Å². The average molecular weight is 341 g/mol. The van der Waals surface area contributed by atoms with Crippen LogP contribution in [0.1, 0.15) is 34.6 Å². The molecule has 5 nitrogen and oxygen atoms in total. The predicted octanol–water partition coefficient (Wildman–Crippen LogP) is 3.72. The maximum atomic E-state index is 12.6. The lowest BCUT2D eigenvalue weighted by atomic mass is 10.1. The fourth-order valence-corrected chi connectivity index (χ4v) is 2.70. The summed E-state index contributed by atoms with van der Waals surface area (Å²) in [5.41, 5.74) is 3.12. The number of carbonyl (C=O) groups is 1. The third-order valence-electron chi connectivity index (χ3n) is 3.86. The molecule has 0 saturated carbocycles. The Balaban J connectivity index is 1.82. The van der Waals surface area contributed by atoms with Crippen molar-refractivity contribution in [1.29, 1.82) is 0 Å². The van der Waals surface area contributed by atoms with Crippen LogP contribution < -0.4 is 5.32 Å². The van der Waals surface area contributed by atoms with Crippen LogP contribution in [0, 0.1) is 6.92 Å². The van der Waals surface area contributed by atoms with Gasteiger partial charge in [0.25, 0.3) is 5.91 Å². The van der Waals surface area contributed by atoms with E-state index in [-0.39, 0.29) is 11.9 Å². The molecule has 0 aliphatic rings. The second kappa shape index (κ2) is 6.84. The molecule has 0 radical (unpaired) electrons. The molecule has 1 aromatic carbocycles. The number of benzene rings is 1. The summed E-state index contributed by atoms with van der Waals surface area (Å²) < 4.78 is 1.71. The number of aromatic nitrogens is 3. The van der Waals surface area contributed by atoms with Crippen LogP contribution in [-0.2, 0) is 0 Å². The van der Waals surface area contributed by atoms with Crippen LogP contribution in [0.15, 0.2) is 55.0 Å². The highest BCUT2D eigenvalue weighted by molar-refractivity contribution is 6.30. The van der Waals surface area contributed by atoms with Gasteiger partial charge in [-0.25, -0.2) is 4.68 Å². The minimum Gasteiger partial charge on any atom is -0.345 e. The Morgan fingerprint density at radius 2 is 2.00 bits per heavy atom. The number of pyridine rings is 1. The molecule has 3 rings (SSSR count). The van der Waals surface area contributed by atoms with Crippen LogP contribution in [0.4, 0.5) is 0 Å². The number of rotatable bonds is 4. The van der Waals surface area contributed by atoms with Gasteiger partial charge in [0.1, 0.15) is 0 Å². The summed E-state index contributed by atoms with van der Waals surface area (Å²) in [5.74, 6) is -0.162. The monoisotopic (exact) mass is 340 g/mol. The van der Waals surface area contributed by atoms with Crippen molar-refractivity contribution in [2.24, 2.45) is 0 Å². The molecular formula is C18H17ClN4O. The SMILES string of the molecule is Cc1c(C(=O)NC(C)c2ccncc2)cnn1-c1cccc(Cl)c1. The first-order valence-electron chi connectivity index (χ1n) is 7.57. The molecule has 0 aliphatic carbocycles. The fourth-order valence-electron chi connectivity index (χ4n) is 2.51. The molecule has 24 heavy (non-hydrogen) atoms. The number of amides is 1. The lowest BCUT2D eigenvalue weighted by molar-refractivity contribution is 0.0939. The van der Waals surface area contributed by atoms with Gasteiger partial charge in [0.2, 0.25) is 0 Å². The molecule has 1 amide bonds. The normalized spacial score (nSPS) is 12.0. The van der Waals surface area contributed by atoms with E-state index in [0.29, 0.717) is 10.6 Å². The Bertz CT molecular complexity index is 860.